The van der Waals surface area contributed by atoms with Crippen molar-refractivity contribution in [3.8, 4) is 0 Å². The standard InChI is InChI=1S/C20H25N5O2/c1-15-12-22-25(14-15)17-7-9-23(10-8-17)20(27)21-13-19(26)24-11-6-16-4-2-3-5-18(16)24/h2-5,12,14,17H,6-11,13H2,1H3,(H,21,27). The molecular weight excluding hydrogens is 342 g/mol. The Labute approximate surface area is 158 Å². The molecule has 1 saturated heterocycles. The molecule has 7 heteroatoms. The van der Waals surface area contributed by atoms with E-state index < -0.39 is 0 Å². The number of nitrogens with one attached hydrogen (secondary N) is 1. The minimum Gasteiger partial charge on any atom is -0.329 e. The molecule has 0 unspecified atom stereocenters. The van der Waals surface area contributed by atoms with Crippen molar-refractivity contribution in [3.63, 3.8) is 0 Å². The lowest BCUT2D eigenvalue weighted by atomic mass is 10.1. The van der Waals surface area contributed by atoms with Gasteiger partial charge in [-0.15, -0.1) is 0 Å². The summed E-state index contributed by atoms with van der Waals surface area (Å²) >= 11 is 0. The molecule has 1 fully saturated rings. The number of carbonyl (C=O) groups excluding carboxylic acids is 2. The van der Waals surface area contributed by atoms with Crippen molar-refractivity contribution in [1.29, 1.82) is 0 Å². The Hall–Kier alpha value is -2.83. The van der Waals surface area contributed by atoms with Crippen molar-refractivity contribution in [3.05, 3.63) is 47.8 Å². The second-order valence-corrected chi connectivity index (χ2v) is 7.30. The molecule has 7 nitrogen and oxygen atoms in total. The second kappa shape index (κ2) is 7.42. The number of benzene rings is 1. The highest BCUT2D eigenvalue weighted by Crippen LogP contribution is 2.27. The minimum atomic E-state index is -0.161. The van der Waals surface area contributed by atoms with Gasteiger partial charge in [-0.1, -0.05) is 18.2 Å². The molecule has 0 aliphatic carbocycles. The Balaban J connectivity index is 1.26. The van der Waals surface area contributed by atoms with E-state index in [9.17, 15) is 9.59 Å². The largest absolute Gasteiger partial charge is 0.329 e. The summed E-state index contributed by atoms with van der Waals surface area (Å²) in [5, 5.41) is 7.17. The molecule has 0 saturated carbocycles. The third-order valence-corrected chi connectivity index (χ3v) is 5.44. The van der Waals surface area contributed by atoms with E-state index in [1.807, 2.05) is 48.3 Å². The zero-order valence-corrected chi connectivity index (χ0v) is 15.6. The van der Waals surface area contributed by atoms with Crippen LogP contribution in [0.4, 0.5) is 10.5 Å². The summed E-state index contributed by atoms with van der Waals surface area (Å²) in [6.45, 7) is 4.10. The molecule has 2 aliphatic rings. The van der Waals surface area contributed by atoms with Crippen molar-refractivity contribution in [2.24, 2.45) is 0 Å². The van der Waals surface area contributed by atoms with Gasteiger partial charge in [0.25, 0.3) is 0 Å². The third kappa shape index (κ3) is 3.67. The summed E-state index contributed by atoms with van der Waals surface area (Å²) in [6.07, 6.45) is 6.54. The number of anilines is 1. The average molecular weight is 367 g/mol. The molecule has 2 aliphatic heterocycles. The Morgan fingerprint density at radius 2 is 1.96 bits per heavy atom. The van der Waals surface area contributed by atoms with Crippen LogP contribution in [-0.4, -0.2) is 52.8 Å². The topological polar surface area (TPSA) is 70.5 Å². The molecule has 3 heterocycles. The zero-order chi connectivity index (χ0) is 18.8. The number of aryl methyl sites for hydroxylation is 1. The van der Waals surface area contributed by atoms with E-state index in [0.29, 0.717) is 25.7 Å². The van der Waals surface area contributed by atoms with E-state index in [2.05, 4.69) is 10.4 Å². The number of amides is 3. The Kier molecular flexibility index (Phi) is 4.83. The van der Waals surface area contributed by atoms with Gasteiger partial charge in [0.15, 0.2) is 0 Å². The smallest absolute Gasteiger partial charge is 0.317 e. The first-order chi connectivity index (χ1) is 13.1. The van der Waals surface area contributed by atoms with Gasteiger partial charge in [-0.2, -0.15) is 5.10 Å². The Morgan fingerprint density at radius 1 is 1.19 bits per heavy atom. The van der Waals surface area contributed by atoms with E-state index in [0.717, 1.165) is 30.5 Å². The SMILES string of the molecule is Cc1cnn(C2CCN(C(=O)NCC(=O)N3CCc4ccccc43)CC2)c1. The van der Waals surface area contributed by atoms with Gasteiger partial charge in [-0.25, -0.2) is 4.79 Å². The van der Waals surface area contributed by atoms with Crippen LogP contribution >= 0.6 is 0 Å². The summed E-state index contributed by atoms with van der Waals surface area (Å²) < 4.78 is 2.00. The highest BCUT2D eigenvalue weighted by Gasteiger charge is 2.27. The van der Waals surface area contributed by atoms with Crippen LogP contribution in [0.25, 0.3) is 0 Å². The quantitative estimate of drug-likeness (QED) is 0.903. The third-order valence-electron chi connectivity index (χ3n) is 5.44. The maximum Gasteiger partial charge on any atom is 0.317 e. The normalized spacial score (nSPS) is 17.1. The lowest BCUT2D eigenvalue weighted by Gasteiger charge is -2.32. The molecule has 4 rings (SSSR count). The van der Waals surface area contributed by atoms with Crippen molar-refractivity contribution < 1.29 is 9.59 Å². The fraction of sp³-hybridized carbons (Fsp3) is 0.450. The summed E-state index contributed by atoms with van der Waals surface area (Å²) in [5.74, 6) is -0.0600. The van der Waals surface area contributed by atoms with Gasteiger partial charge in [0, 0.05) is 31.5 Å². The summed E-state index contributed by atoms with van der Waals surface area (Å²) in [5.41, 5.74) is 3.30. The van der Waals surface area contributed by atoms with Crippen molar-refractivity contribution in [2.75, 3.05) is 31.1 Å². The number of likely N-dealkylation sites (tertiary alicyclic amines) is 1. The van der Waals surface area contributed by atoms with Gasteiger partial charge >= 0.3 is 6.03 Å². The molecule has 0 atom stereocenters. The molecular formula is C20H25N5O2. The molecule has 0 spiro atoms. The molecule has 142 valence electrons. The summed E-state index contributed by atoms with van der Waals surface area (Å²) in [4.78, 5) is 28.5. The van der Waals surface area contributed by atoms with Crippen molar-refractivity contribution >= 4 is 17.6 Å². The van der Waals surface area contributed by atoms with Crippen molar-refractivity contribution in [2.45, 2.75) is 32.2 Å². The van der Waals surface area contributed by atoms with Crippen LogP contribution < -0.4 is 10.2 Å². The average Bonchev–Trinajstić information content (AvgIpc) is 3.32. The van der Waals surface area contributed by atoms with Crippen LogP contribution in [0.1, 0.15) is 30.0 Å². The summed E-state index contributed by atoms with van der Waals surface area (Å²) in [6, 6.07) is 8.12. The predicted molar refractivity (Wildman–Crippen MR) is 103 cm³/mol. The Morgan fingerprint density at radius 3 is 2.70 bits per heavy atom. The van der Waals surface area contributed by atoms with Gasteiger partial charge in [0.2, 0.25) is 5.91 Å². The maximum atomic E-state index is 12.5. The number of nitrogens with zero attached hydrogens (tertiary/aromatic N) is 4. The zero-order valence-electron chi connectivity index (χ0n) is 15.6. The number of carbonyl (C=O) groups is 2. The molecule has 1 aromatic carbocycles. The number of aromatic nitrogens is 2. The molecule has 0 radical (unpaired) electrons. The predicted octanol–water partition coefficient (Wildman–Crippen LogP) is 2.13. The highest BCUT2D eigenvalue weighted by molar-refractivity contribution is 5.98. The van der Waals surface area contributed by atoms with Crippen LogP contribution in [0, 0.1) is 6.92 Å². The lowest BCUT2D eigenvalue weighted by molar-refractivity contribution is -0.117. The fourth-order valence-electron chi connectivity index (χ4n) is 3.92. The van der Waals surface area contributed by atoms with E-state index in [-0.39, 0.29) is 18.5 Å². The van der Waals surface area contributed by atoms with E-state index in [4.69, 9.17) is 0 Å². The van der Waals surface area contributed by atoms with Gasteiger partial charge in [0.05, 0.1) is 18.8 Å². The fourth-order valence-corrected chi connectivity index (χ4v) is 3.92. The Bertz CT molecular complexity index is 838. The molecule has 0 bridgehead atoms. The first kappa shape index (κ1) is 17.6. The van der Waals surface area contributed by atoms with Crippen molar-refractivity contribution in [1.82, 2.24) is 20.0 Å². The second-order valence-electron chi connectivity index (χ2n) is 7.30. The summed E-state index contributed by atoms with van der Waals surface area (Å²) in [7, 11) is 0. The number of hydrogen-bond acceptors (Lipinski definition) is 3. The number of rotatable bonds is 3. The monoisotopic (exact) mass is 367 g/mol. The molecule has 3 amide bonds. The van der Waals surface area contributed by atoms with E-state index >= 15 is 0 Å². The van der Waals surface area contributed by atoms with Gasteiger partial charge in [-0.05, 0) is 43.4 Å². The van der Waals surface area contributed by atoms with Crippen LogP contribution in [0.2, 0.25) is 0 Å². The first-order valence-corrected chi connectivity index (χ1v) is 9.53. The maximum absolute atomic E-state index is 12.5. The molecule has 27 heavy (non-hydrogen) atoms. The molecule has 1 aromatic heterocycles. The lowest BCUT2D eigenvalue weighted by Crippen LogP contribution is -2.48. The first-order valence-electron chi connectivity index (χ1n) is 9.53. The number of hydrogen-bond donors (Lipinski definition) is 1. The molecule has 1 N–H and O–H groups in total. The van der Waals surface area contributed by atoms with E-state index in [1.165, 1.54) is 5.56 Å². The minimum absolute atomic E-state index is 0.0332. The van der Waals surface area contributed by atoms with Gasteiger partial charge in [-0.3, -0.25) is 9.48 Å². The number of piperidine rings is 1. The number of urea groups is 1. The van der Waals surface area contributed by atoms with Crippen LogP contribution in [0.15, 0.2) is 36.7 Å². The number of fused-ring (bicyclic) bond motifs is 1. The van der Waals surface area contributed by atoms with Crippen LogP contribution in [-0.2, 0) is 11.2 Å². The van der Waals surface area contributed by atoms with Gasteiger partial charge in [0.1, 0.15) is 0 Å². The number of para-hydroxylation sites is 1. The van der Waals surface area contributed by atoms with Gasteiger partial charge < -0.3 is 15.1 Å². The van der Waals surface area contributed by atoms with E-state index in [1.54, 1.807) is 9.80 Å². The van der Waals surface area contributed by atoms with Crippen LogP contribution in [0.3, 0.4) is 0 Å². The highest BCUT2D eigenvalue weighted by atomic mass is 16.2. The van der Waals surface area contributed by atoms with Crippen LogP contribution in [0.5, 0.6) is 0 Å². The molecule has 2 aromatic rings.